The van der Waals surface area contributed by atoms with E-state index in [-0.39, 0.29) is 47.2 Å². The molecule has 66 valence electrons. The molecular formula is C5H12N3NaO3. The largest absolute Gasteiger partial charge is 0.569 e. The maximum Gasteiger partial charge on any atom is 0.230 e. The van der Waals surface area contributed by atoms with Crippen LogP contribution in [0.4, 0.5) is 0 Å². The minimum absolute atomic E-state index is 0. The van der Waals surface area contributed by atoms with E-state index in [4.69, 9.17) is 10.3 Å². The van der Waals surface area contributed by atoms with Crippen LogP contribution in [0.5, 0.6) is 0 Å². The minimum Gasteiger partial charge on any atom is -0.569 e. The van der Waals surface area contributed by atoms with Gasteiger partial charge in [-0.2, -0.15) is 0 Å². The summed E-state index contributed by atoms with van der Waals surface area (Å²) >= 11 is 0. The van der Waals surface area contributed by atoms with Gasteiger partial charge in [0.05, 0.1) is 18.1 Å². The molecule has 1 fully saturated rings. The van der Waals surface area contributed by atoms with Crippen molar-refractivity contribution in [2.45, 2.75) is 18.9 Å². The second kappa shape index (κ2) is 5.58. The fourth-order valence-electron chi connectivity index (χ4n) is 1.28. The molecule has 0 bridgehead atoms. The first-order valence-corrected chi connectivity index (χ1v) is 3.49. The molecule has 7 heteroatoms. The van der Waals surface area contributed by atoms with Gasteiger partial charge in [0.15, 0.2) is 0 Å². The molecule has 0 unspecified atom stereocenters. The van der Waals surface area contributed by atoms with Gasteiger partial charge < -0.3 is 15.5 Å². The Kier molecular flexibility index (Phi) is 5.56. The molecule has 1 aliphatic heterocycles. The fourth-order valence-corrected chi connectivity index (χ4v) is 1.28. The number of nitrogens with zero attached hydrogens (tertiary/aromatic N) is 3. The van der Waals surface area contributed by atoms with Crippen molar-refractivity contribution in [3.8, 4) is 0 Å². The third-order valence-electron chi connectivity index (χ3n) is 1.85. The number of aliphatic hydroxyl groups is 1. The monoisotopic (exact) mass is 185 g/mol. The summed E-state index contributed by atoms with van der Waals surface area (Å²) in [6.45, 7) is 0.465. The number of hydrogen-bond acceptors (Lipinski definition) is 3. The van der Waals surface area contributed by atoms with Gasteiger partial charge in [-0.05, 0) is 12.8 Å². The minimum atomic E-state index is -0.191. The van der Waals surface area contributed by atoms with Crippen LogP contribution in [0.3, 0.4) is 0 Å². The molecule has 12 heavy (non-hydrogen) atoms. The van der Waals surface area contributed by atoms with Crippen LogP contribution in [0.25, 0.3) is 0 Å². The van der Waals surface area contributed by atoms with Crippen LogP contribution >= 0.6 is 0 Å². The van der Waals surface area contributed by atoms with Crippen LogP contribution in [-0.4, -0.2) is 69.0 Å². The number of aliphatic hydroxyl groups excluding tert-OH is 1. The van der Waals surface area contributed by atoms with Crippen molar-refractivity contribution in [3.05, 3.63) is 5.21 Å². The maximum atomic E-state index is 10.7. The number of rotatable bonds is 2. The van der Waals surface area contributed by atoms with Crippen LogP contribution in [0.1, 0.15) is 12.8 Å². The molecule has 1 rings (SSSR count). The molecule has 0 amide bonds. The first-order valence-electron chi connectivity index (χ1n) is 3.49. The average molecular weight is 185 g/mol. The topological polar surface area (TPSA) is 82.1 Å². The quantitative estimate of drug-likeness (QED) is 0.252. The molecule has 6 nitrogen and oxygen atoms in total. The van der Waals surface area contributed by atoms with Crippen molar-refractivity contribution in [1.82, 2.24) is 5.01 Å². The molecule has 0 aromatic heterocycles. The summed E-state index contributed by atoms with van der Waals surface area (Å²) in [5.41, 5.74) is 0. The second-order valence-electron chi connectivity index (χ2n) is 2.48. The van der Waals surface area contributed by atoms with Gasteiger partial charge in [-0.15, -0.1) is 5.01 Å². The first kappa shape index (κ1) is 12.0. The van der Waals surface area contributed by atoms with E-state index >= 15 is 0 Å². The molecular weight excluding hydrogens is 173 g/mol. The van der Waals surface area contributed by atoms with Gasteiger partial charge >= 0.3 is 29.6 Å². The summed E-state index contributed by atoms with van der Waals surface area (Å²) in [4.78, 5) is 0.119. The SMILES string of the molecule is [NaH].[O-]/[N+](=N/O)N1CCC[C@H]1CO. The zero-order valence-corrected chi connectivity index (χ0v) is 6.05. The van der Waals surface area contributed by atoms with E-state index in [9.17, 15) is 5.21 Å². The van der Waals surface area contributed by atoms with Crippen molar-refractivity contribution < 1.29 is 15.3 Å². The van der Waals surface area contributed by atoms with Crippen LogP contribution in [-0.2, 0) is 0 Å². The molecule has 0 aromatic carbocycles. The Morgan fingerprint density at radius 3 is 2.83 bits per heavy atom. The van der Waals surface area contributed by atoms with Crippen molar-refractivity contribution in [2.24, 2.45) is 5.28 Å². The van der Waals surface area contributed by atoms with Crippen molar-refractivity contribution in [3.63, 3.8) is 0 Å². The van der Waals surface area contributed by atoms with E-state index in [1.54, 1.807) is 0 Å². The smallest absolute Gasteiger partial charge is 0.230 e. The van der Waals surface area contributed by atoms with E-state index in [1.807, 2.05) is 0 Å². The van der Waals surface area contributed by atoms with Crippen LogP contribution in [0.2, 0.25) is 0 Å². The molecule has 0 spiro atoms. The Morgan fingerprint density at radius 1 is 1.67 bits per heavy atom. The summed E-state index contributed by atoms with van der Waals surface area (Å²) in [6, 6.07) is -0.191. The van der Waals surface area contributed by atoms with Gasteiger partial charge in [0.2, 0.25) is 5.28 Å². The summed E-state index contributed by atoms with van der Waals surface area (Å²) in [5.74, 6) is 0. The molecule has 1 atom stereocenters. The molecule has 1 aliphatic rings. The molecule has 0 radical (unpaired) electrons. The Labute approximate surface area is 92.3 Å². The van der Waals surface area contributed by atoms with Crippen molar-refractivity contribution >= 4 is 29.6 Å². The van der Waals surface area contributed by atoms with Crippen LogP contribution < -0.4 is 0 Å². The second-order valence-corrected chi connectivity index (χ2v) is 2.48. The van der Waals surface area contributed by atoms with Gasteiger partial charge in [-0.25, -0.2) is 0 Å². The fraction of sp³-hybridized carbons (Fsp3) is 1.00. The molecule has 2 N–H and O–H groups in total. The summed E-state index contributed by atoms with van der Waals surface area (Å²) < 4.78 is 0. The zero-order chi connectivity index (χ0) is 8.27. The molecule has 0 aromatic rings. The van der Waals surface area contributed by atoms with Crippen LogP contribution in [0.15, 0.2) is 5.28 Å². The van der Waals surface area contributed by atoms with Crippen molar-refractivity contribution in [1.29, 1.82) is 0 Å². The average Bonchev–Trinajstić information content (AvgIpc) is 2.50. The van der Waals surface area contributed by atoms with Gasteiger partial charge in [-0.1, -0.05) is 0 Å². The summed E-state index contributed by atoms with van der Waals surface area (Å²) in [5, 5.41) is 31.3. The third-order valence-corrected chi connectivity index (χ3v) is 1.85. The molecule has 0 saturated carbocycles. The first-order chi connectivity index (χ1) is 5.29. The normalized spacial score (nSPS) is 23.9. The molecule has 1 heterocycles. The van der Waals surface area contributed by atoms with Gasteiger partial charge in [-0.3, -0.25) is 0 Å². The summed E-state index contributed by atoms with van der Waals surface area (Å²) in [6.07, 6.45) is 1.62. The van der Waals surface area contributed by atoms with Crippen molar-refractivity contribution in [2.75, 3.05) is 13.2 Å². The Hall–Kier alpha value is -0.0400. The van der Waals surface area contributed by atoms with Crippen LogP contribution in [0, 0.1) is 5.21 Å². The Morgan fingerprint density at radius 2 is 2.33 bits per heavy atom. The van der Waals surface area contributed by atoms with E-state index in [0.29, 0.717) is 6.54 Å². The molecule has 1 saturated heterocycles. The van der Waals surface area contributed by atoms with E-state index < -0.39 is 0 Å². The Bertz CT molecular complexity index is 166. The van der Waals surface area contributed by atoms with Gasteiger partial charge in [0.1, 0.15) is 6.04 Å². The third kappa shape index (κ3) is 2.48. The van der Waals surface area contributed by atoms with E-state index in [2.05, 4.69) is 5.28 Å². The number of hydrogen-bond donors (Lipinski definition) is 2. The summed E-state index contributed by atoms with van der Waals surface area (Å²) in [7, 11) is 0. The maximum absolute atomic E-state index is 10.7. The predicted octanol–water partition coefficient (Wildman–Crippen LogP) is -0.939. The van der Waals surface area contributed by atoms with Gasteiger partial charge in [0.25, 0.3) is 0 Å². The predicted molar refractivity (Wildman–Crippen MR) is 41.8 cm³/mol. The standard InChI is InChI=1S/C5H11N3O3.Na.H/c9-4-5-2-1-3-7(5)8(11)6-10;;/h5,9-10H,1-4H2;;/b8-6+;;/t5-;;/m0../s1. The van der Waals surface area contributed by atoms with E-state index in [1.165, 1.54) is 5.01 Å². The van der Waals surface area contributed by atoms with E-state index in [0.717, 1.165) is 12.8 Å². The van der Waals surface area contributed by atoms with Gasteiger partial charge in [0, 0.05) is 0 Å². The number of hydrazine groups is 1. The Balaban J connectivity index is 0.00000121. The molecule has 0 aliphatic carbocycles. The zero-order valence-electron chi connectivity index (χ0n) is 6.05.